The average molecular weight is 347 g/mol. The van der Waals surface area contributed by atoms with Crippen LogP contribution in [0.5, 0.6) is 0 Å². The third-order valence-electron chi connectivity index (χ3n) is 5.46. The first-order valence-corrected chi connectivity index (χ1v) is 9.12. The van der Waals surface area contributed by atoms with E-state index in [2.05, 4.69) is 0 Å². The molecule has 5 heteroatoms. The van der Waals surface area contributed by atoms with Crippen molar-refractivity contribution in [1.29, 1.82) is 0 Å². The molecule has 0 saturated carbocycles. The van der Waals surface area contributed by atoms with Gasteiger partial charge in [0, 0.05) is 39.3 Å². The molecule has 0 aliphatic carbocycles. The summed E-state index contributed by atoms with van der Waals surface area (Å²) in [6.45, 7) is 3.61. The van der Waals surface area contributed by atoms with Crippen LogP contribution in [0, 0.1) is 5.41 Å². The predicted molar refractivity (Wildman–Crippen MR) is 95.3 cm³/mol. The standard InChI is InChI=1S/C20H29NO4/c1-23-13-17-6-4-16(5-7-17)12-19(22)21-10-8-18-20(14-21,15-24-2)9-3-11-25-18/h4-7,18H,3,8-15H2,1-2H3/t18-,20+/m0/s1. The Morgan fingerprint density at radius 2 is 2.00 bits per heavy atom. The van der Waals surface area contributed by atoms with Crippen molar-refractivity contribution in [2.45, 2.75) is 38.4 Å². The molecule has 2 atom stereocenters. The van der Waals surface area contributed by atoms with Crippen LogP contribution in [-0.2, 0) is 32.0 Å². The van der Waals surface area contributed by atoms with Crippen molar-refractivity contribution in [3.63, 3.8) is 0 Å². The zero-order valence-electron chi connectivity index (χ0n) is 15.3. The van der Waals surface area contributed by atoms with Crippen LogP contribution < -0.4 is 0 Å². The summed E-state index contributed by atoms with van der Waals surface area (Å²) in [5, 5.41) is 0. The molecule has 1 aromatic carbocycles. The van der Waals surface area contributed by atoms with Crippen LogP contribution >= 0.6 is 0 Å². The number of amides is 1. The van der Waals surface area contributed by atoms with Crippen LogP contribution in [0.4, 0.5) is 0 Å². The summed E-state index contributed by atoms with van der Waals surface area (Å²) in [6, 6.07) is 8.10. The topological polar surface area (TPSA) is 48.0 Å². The quantitative estimate of drug-likeness (QED) is 0.793. The van der Waals surface area contributed by atoms with Crippen molar-refractivity contribution >= 4 is 5.91 Å². The summed E-state index contributed by atoms with van der Waals surface area (Å²) in [5.41, 5.74) is 2.13. The molecule has 25 heavy (non-hydrogen) atoms. The van der Waals surface area contributed by atoms with Gasteiger partial charge in [0.05, 0.1) is 25.7 Å². The van der Waals surface area contributed by atoms with Crippen molar-refractivity contribution in [2.24, 2.45) is 5.41 Å². The Labute approximate surface area is 150 Å². The summed E-state index contributed by atoms with van der Waals surface area (Å²) in [5.74, 6) is 0.194. The lowest BCUT2D eigenvalue weighted by Gasteiger charge is -2.50. The maximum atomic E-state index is 12.8. The molecule has 0 radical (unpaired) electrons. The molecule has 2 saturated heterocycles. The third kappa shape index (κ3) is 4.22. The summed E-state index contributed by atoms with van der Waals surface area (Å²) >= 11 is 0. The SMILES string of the molecule is COCc1ccc(CC(=O)N2CC[C@@H]3OCCC[C@]3(COC)C2)cc1. The maximum Gasteiger partial charge on any atom is 0.227 e. The molecule has 2 aliphatic rings. The highest BCUT2D eigenvalue weighted by molar-refractivity contribution is 5.79. The number of ether oxygens (including phenoxy) is 3. The van der Waals surface area contributed by atoms with E-state index in [0.29, 0.717) is 19.6 Å². The van der Waals surface area contributed by atoms with Gasteiger partial charge in [-0.05, 0) is 30.4 Å². The van der Waals surface area contributed by atoms with E-state index >= 15 is 0 Å². The van der Waals surface area contributed by atoms with Gasteiger partial charge in [-0.1, -0.05) is 24.3 Å². The van der Waals surface area contributed by atoms with Crippen molar-refractivity contribution in [1.82, 2.24) is 4.90 Å². The molecule has 5 nitrogen and oxygen atoms in total. The minimum absolute atomic E-state index is 0.0385. The average Bonchev–Trinajstić information content (AvgIpc) is 2.63. The number of hydrogen-bond acceptors (Lipinski definition) is 4. The third-order valence-corrected chi connectivity index (χ3v) is 5.46. The molecule has 0 unspecified atom stereocenters. The molecule has 2 heterocycles. The molecular weight excluding hydrogens is 318 g/mol. The second-order valence-corrected chi connectivity index (χ2v) is 7.29. The van der Waals surface area contributed by atoms with Gasteiger partial charge >= 0.3 is 0 Å². The van der Waals surface area contributed by atoms with E-state index in [9.17, 15) is 4.79 Å². The number of likely N-dealkylation sites (tertiary alicyclic amines) is 1. The molecule has 138 valence electrons. The predicted octanol–water partition coefficient (Wildman–Crippen LogP) is 2.42. The summed E-state index contributed by atoms with van der Waals surface area (Å²) < 4.78 is 16.6. The first-order chi connectivity index (χ1) is 12.2. The van der Waals surface area contributed by atoms with Gasteiger partial charge in [0.15, 0.2) is 0 Å². The first-order valence-electron chi connectivity index (χ1n) is 9.12. The van der Waals surface area contributed by atoms with Crippen molar-refractivity contribution in [3.8, 4) is 0 Å². The number of rotatable bonds is 6. The Morgan fingerprint density at radius 3 is 2.72 bits per heavy atom. The lowest BCUT2D eigenvalue weighted by Crippen LogP contribution is -2.58. The van der Waals surface area contributed by atoms with E-state index < -0.39 is 0 Å². The van der Waals surface area contributed by atoms with Gasteiger partial charge in [-0.3, -0.25) is 4.79 Å². The Balaban J connectivity index is 1.63. The largest absolute Gasteiger partial charge is 0.384 e. The van der Waals surface area contributed by atoms with Crippen LogP contribution in [-0.4, -0.2) is 57.4 Å². The fourth-order valence-electron chi connectivity index (χ4n) is 4.21. The number of nitrogens with zero attached hydrogens (tertiary/aromatic N) is 1. The van der Waals surface area contributed by atoms with Gasteiger partial charge < -0.3 is 19.1 Å². The van der Waals surface area contributed by atoms with Crippen molar-refractivity contribution in [3.05, 3.63) is 35.4 Å². The summed E-state index contributed by atoms with van der Waals surface area (Å²) in [6.07, 6.45) is 3.69. The molecule has 0 bridgehead atoms. The van der Waals surface area contributed by atoms with Crippen molar-refractivity contribution < 1.29 is 19.0 Å². The number of benzene rings is 1. The summed E-state index contributed by atoms with van der Waals surface area (Å²) in [7, 11) is 3.43. The number of carbonyl (C=O) groups is 1. The number of fused-ring (bicyclic) bond motifs is 1. The molecule has 2 fully saturated rings. The van der Waals surface area contributed by atoms with Gasteiger partial charge in [0.2, 0.25) is 5.91 Å². The lowest BCUT2D eigenvalue weighted by molar-refractivity contribution is -0.161. The van der Waals surface area contributed by atoms with Crippen LogP contribution in [0.1, 0.15) is 30.4 Å². The molecule has 2 aliphatic heterocycles. The maximum absolute atomic E-state index is 12.8. The Bertz CT molecular complexity index is 570. The van der Waals surface area contributed by atoms with Gasteiger partial charge in [-0.2, -0.15) is 0 Å². The number of piperidine rings is 1. The first kappa shape index (κ1) is 18.4. The molecular formula is C20H29NO4. The fraction of sp³-hybridized carbons (Fsp3) is 0.650. The fourth-order valence-corrected chi connectivity index (χ4v) is 4.21. The minimum atomic E-state index is -0.0385. The van der Waals surface area contributed by atoms with E-state index in [1.165, 1.54) is 0 Å². The monoisotopic (exact) mass is 347 g/mol. The highest BCUT2D eigenvalue weighted by Crippen LogP contribution is 2.40. The van der Waals surface area contributed by atoms with E-state index in [-0.39, 0.29) is 17.4 Å². The molecule has 0 aromatic heterocycles. The van der Waals surface area contributed by atoms with Crippen LogP contribution in [0.15, 0.2) is 24.3 Å². The Morgan fingerprint density at radius 1 is 1.24 bits per heavy atom. The summed E-state index contributed by atoms with van der Waals surface area (Å²) in [4.78, 5) is 14.8. The highest BCUT2D eigenvalue weighted by atomic mass is 16.5. The van der Waals surface area contributed by atoms with Gasteiger partial charge in [-0.25, -0.2) is 0 Å². The molecule has 1 amide bonds. The van der Waals surface area contributed by atoms with Crippen LogP contribution in [0.25, 0.3) is 0 Å². The van der Waals surface area contributed by atoms with Crippen molar-refractivity contribution in [2.75, 3.05) is 40.5 Å². The molecule has 1 aromatic rings. The molecule has 0 N–H and O–H groups in total. The second kappa shape index (κ2) is 8.30. The van der Waals surface area contributed by atoms with Crippen LogP contribution in [0.2, 0.25) is 0 Å². The normalized spacial score (nSPS) is 26.3. The van der Waals surface area contributed by atoms with E-state index in [4.69, 9.17) is 14.2 Å². The van der Waals surface area contributed by atoms with Gasteiger partial charge in [0.25, 0.3) is 0 Å². The smallest absolute Gasteiger partial charge is 0.227 e. The van der Waals surface area contributed by atoms with Crippen LogP contribution in [0.3, 0.4) is 0 Å². The Kier molecular flexibility index (Phi) is 6.10. The number of hydrogen-bond donors (Lipinski definition) is 0. The van der Waals surface area contributed by atoms with Gasteiger partial charge in [0.1, 0.15) is 0 Å². The molecule has 0 spiro atoms. The van der Waals surface area contributed by atoms with E-state index in [0.717, 1.165) is 50.1 Å². The zero-order chi connectivity index (χ0) is 17.7. The Hall–Kier alpha value is -1.43. The number of carbonyl (C=O) groups excluding carboxylic acids is 1. The second-order valence-electron chi connectivity index (χ2n) is 7.29. The van der Waals surface area contributed by atoms with E-state index in [1.54, 1.807) is 14.2 Å². The highest BCUT2D eigenvalue weighted by Gasteiger charge is 2.46. The molecule has 3 rings (SSSR count). The van der Waals surface area contributed by atoms with Gasteiger partial charge in [-0.15, -0.1) is 0 Å². The minimum Gasteiger partial charge on any atom is -0.384 e. The zero-order valence-corrected chi connectivity index (χ0v) is 15.3. The lowest BCUT2D eigenvalue weighted by atomic mass is 9.73. The number of methoxy groups -OCH3 is 2. The van der Waals surface area contributed by atoms with E-state index in [1.807, 2.05) is 29.2 Å².